The molecule has 2 bridgehead atoms. The molecule has 4 nitrogen and oxygen atoms in total. The first-order valence-electron chi connectivity index (χ1n) is 6.55. The standard InChI is InChI=1S/C16H14O4/c1-18-12-8-4-7-11-14(12)19-16-10-6-3-2-5-9(10)13(17)15(11)20-16/h2-8,13,15-17H,1H3/t13-,15-,16+/m1/s1. The minimum absolute atomic E-state index is 0.422. The molecule has 0 amide bonds. The van der Waals surface area contributed by atoms with Gasteiger partial charge < -0.3 is 19.3 Å². The maximum absolute atomic E-state index is 10.6. The van der Waals surface area contributed by atoms with E-state index < -0.39 is 18.5 Å². The Morgan fingerprint density at radius 3 is 2.55 bits per heavy atom. The monoisotopic (exact) mass is 270 g/mol. The summed E-state index contributed by atoms with van der Waals surface area (Å²) in [5.41, 5.74) is 2.55. The lowest BCUT2D eigenvalue weighted by Gasteiger charge is -2.40. The van der Waals surface area contributed by atoms with Gasteiger partial charge in [-0.3, -0.25) is 0 Å². The number of ether oxygens (including phenoxy) is 3. The summed E-state index contributed by atoms with van der Waals surface area (Å²) in [7, 11) is 1.61. The maximum atomic E-state index is 10.6. The molecule has 0 fully saturated rings. The first-order valence-corrected chi connectivity index (χ1v) is 6.55. The van der Waals surface area contributed by atoms with Crippen LogP contribution in [0.3, 0.4) is 0 Å². The second-order valence-corrected chi connectivity index (χ2v) is 4.96. The molecule has 0 saturated heterocycles. The van der Waals surface area contributed by atoms with E-state index in [1.54, 1.807) is 7.11 Å². The van der Waals surface area contributed by atoms with Crippen LogP contribution in [-0.2, 0) is 4.74 Å². The Bertz CT molecular complexity index is 667. The third kappa shape index (κ3) is 1.49. The van der Waals surface area contributed by atoms with Crippen molar-refractivity contribution in [1.82, 2.24) is 0 Å². The van der Waals surface area contributed by atoms with E-state index in [0.717, 1.165) is 16.7 Å². The van der Waals surface area contributed by atoms with Gasteiger partial charge in [-0.2, -0.15) is 0 Å². The molecule has 2 aliphatic rings. The average Bonchev–Trinajstić information content (AvgIpc) is 2.51. The maximum Gasteiger partial charge on any atom is 0.227 e. The Morgan fingerprint density at radius 2 is 1.75 bits per heavy atom. The lowest BCUT2D eigenvalue weighted by Crippen LogP contribution is -2.32. The molecule has 20 heavy (non-hydrogen) atoms. The minimum Gasteiger partial charge on any atom is -0.493 e. The summed E-state index contributed by atoms with van der Waals surface area (Å²) in [6.45, 7) is 0. The molecule has 0 aliphatic carbocycles. The smallest absolute Gasteiger partial charge is 0.227 e. The van der Waals surface area contributed by atoms with E-state index in [-0.39, 0.29) is 0 Å². The van der Waals surface area contributed by atoms with Crippen molar-refractivity contribution >= 4 is 0 Å². The van der Waals surface area contributed by atoms with E-state index in [9.17, 15) is 5.11 Å². The van der Waals surface area contributed by atoms with Crippen molar-refractivity contribution in [3.8, 4) is 11.5 Å². The Kier molecular flexibility index (Phi) is 2.49. The Balaban J connectivity index is 1.90. The van der Waals surface area contributed by atoms with E-state index in [2.05, 4.69) is 0 Å². The highest BCUT2D eigenvalue weighted by Gasteiger charge is 2.42. The Hall–Kier alpha value is -2.04. The van der Waals surface area contributed by atoms with Crippen LogP contribution < -0.4 is 9.47 Å². The summed E-state index contributed by atoms with van der Waals surface area (Å²) in [4.78, 5) is 0. The predicted octanol–water partition coefficient (Wildman–Crippen LogP) is 2.89. The van der Waals surface area contributed by atoms with Crippen molar-refractivity contribution in [3.05, 3.63) is 59.2 Å². The van der Waals surface area contributed by atoms with Crippen LogP contribution in [0.15, 0.2) is 42.5 Å². The largest absolute Gasteiger partial charge is 0.493 e. The second-order valence-electron chi connectivity index (χ2n) is 4.96. The summed E-state index contributed by atoms with van der Waals surface area (Å²) in [5, 5.41) is 10.6. The fourth-order valence-corrected chi connectivity index (χ4v) is 2.92. The van der Waals surface area contributed by atoms with Crippen LogP contribution in [0.1, 0.15) is 35.2 Å². The van der Waals surface area contributed by atoms with E-state index in [1.165, 1.54) is 0 Å². The van der Waals surface area contributed by atoms with Crippen LogP contribution in [0.5, 0.6) is 11.5 Å². The molecular formula is C16H14O4. The second kappa shape index (κ2) is 4.23. The average molecular weight is 270 g/mol. The SMILES string of the molecule is COc1cccc2c1O[C@H]1O[C@H]2[C@H](O)c2ccccc21. The van der Waals surface area contributed by atoms with E-state index >= 15 is 0 Å². The summed E-state index contributed by atoms with van der Waals surface area (Å²) in [6.07, 6.45) is -1.62. The zero-order valence-corrected chi connectivity index (χ0v) is 10.9. The number of benzene rings is 2. The van der Waals surface area contributed by atoms with Gasteiger partial charge in [-0.1, -0.05) is 36.4 Å². The van der Waals surface area contributed by atoms with Gasteiger partial charge in [0.25, 0.3) is 0 Å². The number of hydrogen-bond donors (Lipinski definition) is 1. The first kappa shape index (κ1) is 11.8. The van der Waals surface area contributed by atoms with Crippen LogP contribution in [0.2, 0.25) is 0 Å². The van der Waals surface area contributed by atoms with Gasteiger partial charge in [0.1, 0.15) is 12.2 Å². The molecule has 0 unspecified atom stereocenters. The fraction of sp³-hybridized carbons (Fsp3) is 0.250. The minimum atomic E-state index is -0.697. The molecule has 102 valence electrons. The molecule has 2 aromatic rings. The van der Waals surface area contributed by atoms with Crippen molar-refractivity contribution in [2.24, 2.45) is 0 Å². The van der Waals surface area contributed by atoms with E-state index in [0.29, 0.717) is 11.5 Å². The van der Waals surface area contributed by atoms with Crippen LogP contribution >= 0.6 is 0 Å². The molecule has 2 aromatic carbocycles. The summed E-state index contributed by atoms with van der Waals surface area (Å²) >= 11 is 0. The molecule has 1 N–H and O–H groups in total. The van der Waals surface area contributed by atoms with Crippen LogP contribution in [0, 0.1) is 0 Å². The molecule has 0 aromatic heterocycles. The van der Waals surface area contributed by atoms with Crippen LogP contribution in [-0.4, -0.2) is 12.2 Å². The number of hydrogen-bond acceptors (Lipinski definition) is 4. The van der Waals surface area contributed by atoms with Crippen molar-refractivity contribution < 1.29 is 19.3 Å². The predicted molar refractivity (Wildman–Crippen MR) is 71.6 cm³/mol. The molecule has 0 spiro atoms. The quantitative estimate of drug-likeness (QED) is 0.865. The molecular weight excluding hydrogens is 256 g/mol. The molecule has 0 saturated carbocycles. The Labute approximate surface area is 116 Å². The molecule has 2 heterocycles. The highest BCUT2D eigenvalue weighted by Crippen LogP contribution is 2.53. The number of aliphatic hydroxyl groups excluding tert-OH is 1. The van der Waals surface area contributed by atoms with Crippen molar-refractivity contribution in [1.29, 1.82) is 0 Å². The lowest BCUT2D eigenvalue weighted by molar-refractivity contribution is -0.192. The first-order chi connectivity index (χ1) is 9.79. The zero-order valence-electron chi connectivity index (χ0n) is 10.9. The Morgan fingerprint density at radius 1 is 1.00 bits per heavy atom. The lowest BCUT2D eigenvalue weighted by atomic mass is 9.89. The van der Waals surface area contributed by atoms with Gasteiger partial charge in [-0.05, 0) is 11.6 Å². The van der Waals surface area contributed by atoms with Gasteiger partial charge in [0.05, 0.1) is 7.11 Å². The van der Waals surface area contributed by atoms with Gasteiger partial charge in [0.15, 0.2) is 11.5 Å². The molecule has 2 aliphatic heterocycles. The summed E-state index contributed by atoms with van der Waals surface area (Å²) in [6, 6.07) is 13.3. The zero-order chi connectivity index (χ0) is 13.7. The van der Waals surface area contributed by atoms with Crippen molar-refractivity contribution in [3.63, 3.8) is 0 Å². The van der Waals surface area contributed by atoms with Crippen molar-refractivity contribution in [2.75, 3.05) is 7.11 Å². The van der Waals surface area contributed by atoms with Gasteiger partial charge in [-0.15, -0.1) is 0 Å². The highest BCUT2D eigenvalue weighted by molar-refractivity contribution is 5.51. The van der Waals surface area contributed by atoms with Gasteiger partial charge in [0.2, 0.25) is 6.29 Å². The number of para-hydroxylation sites is 1. The third-order valence-electron chi connectivity index (χ3n) is 3.89. The topological polar surface area (TPSA) is 47.9 Å². The van der Waals surface area contributed by atoms with Gasteiger partial charge in [0, 0.05) is 11.1 Å². The number of aliphatic hydroxyl groups is 1. The van der Waals surface area contributed by atoms with E-state index in [4.69, 9.17) is 14.2 Å². The van der Waals surface area contributed by atoms with Crippen LogP contribution in [0.4, 0.5) is 0 Å². The normalized spacial score (nSPS) is 26.2. The summed E-state index contributed by atoms with van der Waals surface area (Å²) < 4.78 is 17.1. The number of fused-ring (bicyclic) bond motifs is 6. The van der Waals surface area contributed by atoms with Gasteiger partial charge in [-0.25, -0.2) is 0 Å². The van der Waals surface area contributed by atoms with Crippen LogP contribution in [0.25, 0.3) is 0 Å². The van der Waals surface area contributed by atoms with E-state index in [1.807, 2.05) is 42.5 Å². The fourth-order valence-electron chi connectivity index (χ4n) is 2.92. The summed E-state index contributed by atoms with van der Waals surface area (Å²) in [5.74, 6) is 1.32. The third-order valence-corrected chi connectivity index (χ3v) is 3.89. The molecule has 3 atom stereocenters. The molecule has 4 rings (SSSR count). The number of rotatable bonds is 1. The van der Waals surface area contributed by atoms with Gasteiger partial charge >= 0.3 is 0 Å². The molecule has 4 heteroatoms. The highest BCUT2D eigenvalue weighted by atomic mass is 16.7. The number of methoxy groups -OCH3 is 1. The van der Waals surface area contributed by atoms with Crippen molar-refractivity contribution in [2.45, 2.75) is 18.5 Å². The molecule has 0 radical (unpaired) electrons.